The third-order valence-electron chi connectivity index (χ3n) is 2.96. The molecule has 0 unspecified atom stereocenters. The maximum atomic E-state index is 13.2. The zero-order valence-electron chi connectivity index (χ0n) is 8.30. The van der Waals surface area contributed by atoms with Crippen LogP contribution in [0.25, 0.3) is 0 Å². The average Bonchev–Trinajstić information content (AvgIpc) is 2.10. The van der Waals surface area contributed by atoms with Crippen molar-refractivity contribution in [2.24, 2.45) is 5.92 Å². The van der Waals surface area contributed by atoms with Gasteiger partial charge in [0.1, 0.15) is 11.6 Å². The predicted molar refractivity (Wildman–Crippen MR) is 60.2 cm³/mol. The van der Waals surface area contributed by atoms with Crippen molar-refractivity contribution in [3.05, 3.63) is 34.1 Å². The van der Waals surface area contributed by atoms with E-state index < -0.39 is 0 Å². The molecule has 0 bridgehead atoms. The molecule has 0 N–H and O–H groups in total. The van der Waals surface area contributed by atoms with E-state index in [0.29, 0.717) is 10.9 Å². The molecule has 1 aliphatic carbocycles. The van der Waals surface area contributed by atoms with E-state index in [-0.39, 0.29) is 17.5 Å². The molecule has 80 valence electrons. The molecule has 1 nitrogen and oxygen atoms in total. The molecule has 0 heterocycles. The summed E-state index contributed by atoms with van der Waals surface area (Å²) in [5, 5.41) is 0. The largest absolute Gasteiger partial charge is 0.299 e. The van der Waals surface area contributed by atoms with Gasteiger partial charge in [0.25, 0.3) is 0 Å². The van der Waals surface area contributed by atoms with Crippen LogP contribution in [0, 0.1) is 11.7 Å². The minimum absolute atomic E-state index is 0.222. The summed E-state index contributed by atoms with van der Waals surface area (Å²) >= 11 is 3.17. The highest BCUT2D eigenvalue weighted by Gasteiger charge is 2.25. The molecule has 0 spiro atoms. The van der Waals surface area contributed by atoms with Crippen molar-refractivity contribution in [2.75, 3.05) is 0 Å². The fraction of sp³-hybridized carbons (Fsp3) is 0.417. The zero-order valence-corrected chi connectivity index (χ0v) is 9.89. The number of benzene rings is 1. The van der Waals surface area contributed by atoms with Crippen molar-refractivity contribution in [2.45, 2.75) is 25.7 Å². The normalized spacial score (nSPS) is 16.1. The lowest BCUT2D eigenvalue weighted by atomic mass is 9.80. The monoisotopic (exact) mass is 270 g/mol. The van der Waals surface area contributed by atoms with Crippen molar-refractivity contribution in [1.29, 1.82) is 0 Å². The third kappa shape index (κ3) is 2.28. The molecule has 3 heteroatoms. The molecular weight excluding hydrogens is 259 g/mol. The van der Waals surface area contributed by atoms with Gasteiger partial charge in [0.05, 0.1) is 4.47 Å². The zero-order chi connectivity index (χ0) is 10.8. The minimum atomic E-state index is -0.297. The molecule has 0 atom stereocenters. The molecule has 0 amide bonds. The first-order chi connectivity index (χ1) is 7.18. The Bertz CT molecular complexity index is 385. The van der Waals surface area contributed by atoms with Crippen LogP contribution in [0.3, 0.4) is 0 Å². The van der Waals surface area contributed by atoms with Crippen LogP contribution in [0.4, 0.5) is 4.39 Å². The van der Waals surface area contributed by atoms with Crippen LogP contribution in [-0.2, 0) is 11.2 Å². The van der Waals surface area contributed by atoms with Crippen molar-refractivity contribution in [3.8, 4) is 0 Å². The number of hydrogen-bond donors (Lipinski definition) is 0. The first kappa shape index (κ1) is 10.8. The van der Waals surface area contributed by atoms with E-state index in [4.69, 9.17) is 0 Å². The van der Waals surface area contributed by atoms with Crippen molar-refractivity contribution in [1.82, 2.24) is 0 Å². The Balaban J connectivity index is 2.09. The summed E-state index contributed by atoms with van der Waals surface area (Å²) < 4.78 is 13.6. The van der Waals surface area contributed by atoms with Gasteiger partial charge in [-0.25, -0.2) is 4.39 Å². The number of hydrogen-bond acceptors (Lipinski definition) is 1. The Labute approximate surface area is 96.8 Å². The highest BCUT2D eigenvalue weighted by Crippen LogP contribution is 2.29. The van der Waals surface area contributed by atoms with Crippen LogP contribution >= 0.6 is 15.9 Å². The summed E-state index contributed by atoms with van der Waals surface area (Å²) in [6.45, 7) is 0. The van der Waals surface area contributed by atoms with Gasteiger partial charge in [0.15, 0.2) is 0 Å². The molecule has 0 aliphatic heterocycles. The van der Waals surface area contributed by atoms with Gasteiger partial charge in [-0.05, 0) is 40.4 Å². The van der Waals surface area contributed by atoms with E-state index in [1.165, 1.54) is 6.07 Å². The van der Waals surface area contributed by atoms with Gasteiger partial charge in [-0.3, -0.25) is 4.79 Å². The number of rotatable bonds is 3. The molecule has 0 saturated heterocycles. The maximum absolute atomic E-state index is 13.2. The second-order valence-electron chi connectivity index (χ2n) is 3.98. The van der Waals surface area contributed by atoms with E-state index >= 15 is 0 Å². The van der Waals surface area contributed by atoms with Gasteiger partial charge < -0.3 is 0 Å². The molecule has 15 heavy (non-hydrogen) atoms. The van der Waals surface area contributed by atoms with Gasteiger partial charge >= 0.3 is 0 Å². The molecular formula is C12H12BrFO. The van der Waals surface area contributed by atoms with Crippen molar-refractivity contribution >= 4 is 21.7 Å². The molecule has 1 saturated carbocycles. The molecule has 1 aromatic carbocycles. The van der Waals surface area contributed by atoms with Gasteiger partial charge in [-0.15, -0.1) is 0 Å². The lowest BCUT2D eigenvalue weighted by molar-refractivity contribution is -0.124. The van der Waals surface area contributed by atoms with Crippen LogP contribution in [0.2, 0.25) is 0 Å². The van der Waals surface area contributed by atoms with E-state index in [1.54, 1.807) is 12.1 Å². The van der Waals surface area contributed by atoms with E-state index in [9.17, 15) is 9.18 Å². The average molecular weight is 271 g/mol. The fourth-order valence-electron chi connectivity index (χ4n) is 1.75. The number of carbonyl (C=O) groups excluding carboxylic acids is 1. The third-order valence-corrected chi connectivity index (χ3v) is 3.84. The van der Waals surface area contributed by atoms with E-state index in [1.807, 2.05) is 0 Å². The minimum Gasteiger partial charge on any atom is -0.299 e. The number of halogens is 2. The Morgan fingerprint density at radius 3 is 2.80 bits per heavy atom. The van der Waals surface area contributed by atoms with Crippen LogP contribution in [0.15, 0.2) is 22.7 Å². The van der Waals surface area contributed by atoms with Crippen molar-refractivity contribution < 1.29 is 9.18 Å². The first-order valence-electron chi connectivity index (χ1n) is 5.14. The second kappa shape index (κ2) is 4.44. The van der Waals surface area contributed by atoms with Gasteiger partial charge in [0.2, 0.25) is 0 Å². The summed E-state index contributed by atoms with van der Waals surface area (Å²) in [5.74, 6) is 0.168. The molecule has 0 aromatic heterocycles. The summed E-state index contributed by atoms with van der Waals surface area (Å²) in [4.78, 5) is 11.7. The summed E-state index contributed by atoms with van der Waals surface area (Å²) in [6.07, 6.45) is 3.52. The van der Waals surface area contributed by atoms with Gasteiger partial charge in [0, 0.05) is 12.3 Å². The van der Waals surface area contributed by atoms with Crippen molar-refractivity contribution in [3.63, 3.8) is 0 Å². The van der Waals surface area contributed by atoms with Crippen LogP contribution in [0.1, 0.15) is 24.8 Å². The smallest absolute Gasteiger partial charge is 0.140 e. The van der Waals surface area contributed by atoms with E-state index in [0.717, 1.165) is 24.8 Å². The Morgan fingerprint density at radius 2 is 2.20 bits per heavy atom. The topological polar surface area (TPSA) is 17.1 Å². The van der Waals surface area contributed by atoms with Crippen LogP contribution in [-0.4, -0.2) is 5.78 Å². The number of Topliss-reactive ketones (excluding diaryl/α,β-unsaturated/α-hetero) is 1. The number of ketones is 1. The molecule has 1 aromatic rings. The van der Waals surface area contributed by atoms with Crippen LogP contribution in [0.5, 0.6) is 0 Å². The molecule has 1 fully saturated rings. The lowest BCUT2D eigenvalue weighted by Crippen LogP contribution is -2.23. The first-order valence-corrected chi connectivity index (χ1v) is 5.93. The summed E-state index contributed by atoms with van der Waals surface area (Å²) in [5.41, 5.74) is 0.756. The number of carbonyl (C=O) groups is 1. The standard InChI is InChI=1S/C12H12BrFO/c13-12-9(5-2-6-10(12)14)7-11(15)8-3-1-4-8/h2,5-6,8H,1,3-4,7H2. The Hall–Kier alpha value is -0.700. The molecule has 1 aliphatic rings. The SMILES string of the molecule is O=C(Cc1cccc(F)c1Br)C1CCC1. The highest BCUT2D eigenvalue weighted by atomic mass is 79.9. The summed E-state index contributed by atoms with van der Waals surface area (Å²) in [7, 11) is 0. The molecule has 2 rings (SSSR count). The lowest BCUT2D eigenvalue weighted by Gasteiger charge is -2.23. The molecule has 0 radical (unpaired) electrons. The van der Waals surface area contributed by atoms with E-state index in [2.05, 4.69) is 15.9 Å². The fourth-order valence-corrected chi connectivity index (χ4v) is 2.15. The Kier molecular flexibility index (Phi) is 3.19. The van der Waals surface area contributed by atoms with Crippen LogP contribution < -0.4 is 0 Å². The Morgan fingerprint density at radius 1 is 1.47 bits per heavy atom. The predicted octanol–water partition coefficient (Wildman–Crippen LogP) is 3.50. The van der Waals surface area contributed by atoms with Gasteiger partial charge in [-0.2, -0.15) is 0 Å². The second-order valence-corrected chi connectivity index (χ2v) is 4.78. The van der Waals surface area contributed by atoms with Gasteiger partial charge in [-0.1, -0.05) is 18.6 Å². The highest BCUT2D eigenvalue weighted by molar-refractivity contribution is 9.10. The quantitative estimate of drug-likeness (QED) is 0.822. The maximum Gasteiger partial charge on any atom is 0.140 e. The summed E-state index contributed by atoms with van der Waals surface area (Å²) in [6, 6.07) is 4.83.